The van der Waals surface area contributed by atoms with Crippen molar-refractivity contribution in [3.8, 4) is 11.3 Å². The van der Waals surface area contributed by atoms with Gasteiger partial charge in [0.15, 0.2) is 5.78 Å². The number of allylic oxidation sites excluding steroid dienone is 2. The number of aliphatic hydroxyl groups is 1. The number of pyridine rings is 1. The van der Waals surface area contributed by atoms with Gasteiger partial charge in [0.25, 0.3) is 0 Å². The van der Waals surface area contributed by atoms with Crippen molar-refractivity contribution in [2.75, 3.05) is 0 Å². The first-order valence-corrected chi connectivity index (χ1v) is 13.6. The molecule has 3 nitrogen and oxygen atoms in total. The molecule has 0 aliphatic rings. The molecule has 3 aromatic rings. The summed E-state index contributed by atoms with van der Waals surface area (Å²) in [5, 5.41) is 12.2. The Bertz CT molecular complexity index is 1220. The predicted octanol–water partition coefficient (Wildman–Crippen LogP) is 9.55. The van der Waals surface area contributed by atoms with Crippen molar-refractivity contribution in [2.45, 2.75) is 86.5 Å². The molecule has 1 heterocycles. The molecule has 1 unspecified atom stereocenters. The van der Waals surface area contributed by atoms with Gasteiger partial charge in [-0.1, -0.05) is 66.7 Å². The third-order valence-corrected chi connectivity index (χ3v) is 6.91. The van der Waals surface area contributed by atoms with Gasteiger partial charge in [0, 0.05) is 50.6 Å². The number of hydrogen-bond donors (Lipinski definition) is 1. The van der Waals surface area contributed by atoms with Crippen molar-refractivity contribution in [2.24, 2.45) is 11.8 Å². The predicted molar refractivity (Wildman–Crippen MR) is 154 cm³/mol. The number of aliphatic hydroxyl groups excluding tert-OH is 1. The van der Waals surface area contributed by atoms with Gasteiger partial charge < -0.3 is 10.1 Å². The average Bonchev–Trinajstić information content (AvgIpc) is 2.86. The third kappa shape index (κ3) is 10.2. The Hall–Kier alpha value is -2.43. The quantitative estimate of drug-likeness (QED) is 0.129. The first kappa shape index (κ1) is 34.6. The van der Waals surface area contributed by atoms with Gasteiger partial charge in [0.05, 0.1) is 5.76 Å². The van der Waals surface area contributed by atoms with Crippen LogP contribution in [-0.4, -0.2) is 22.3 Å². The van der Waals surface area contributed by atoms with Crippen molar-refractivity contribution >= 4 is 16.6 Å². The van der Waals surface area contributed by atoms with E-state index in [1.807, 2.05) is 20.0 Å². The normalized spacial score (nSPS) is 12.4. The molecule has 0 aliphatic carbocycles. The summed E-state index contributed by atoms with van der Waals surface area (Å²) in [6.45, 7) is 14.2. The second kappa shape index (κ2) is 16.6. The van der Waals surface area contributed by atoms with Crippen LogP contribution in [0.4, 0.5) is 8.78 Å². The number of benzene rings is 2. The number of hydrogen-bond acceptors (Lipinski definition) is 3. The molecule has 1 aromatic heterocycles. The average molecular weight is 715 g/mol. The topological polar surface area (TPSA) is 50.2 Å². The number of fused-ring (bicyclic) bond motifs is 1. The van der Waals surface area contributed by atoms with Crippen molar-refractivity contribution in [3.63, 3.8) is 0 Å². The zero-order valence-corrected chi connectivity index (χ0v) is 26.5. The second-order valence-electron chi connectivity index (χ2n) is 10.3. The number of rotatable bonds is 10. The molecule has 0 fully saturated rings. The molecule has 0 saturated heterocycles. The maximum Gasteiger partial charge on any atom is 0.239 e. The van der Waals surface area contributed by atoms with Crippen LogP contribution < -0.4 is 0 Å². The van der Waals surface area contributed by atoms with Gasteiger partial charge in [-0.05, 0) is 53.3 Å². The van der Waals surface area contributed by atoms with Crippen LogP contribution in [-0.2, 0) is 24.9 Å². The summed E-state index contributed by atoms with van der Waals surface area (Å²) in [5.74, 6) is -0.571. The maximum absolute atomic E-state index is 12.2. The third-order valence-electron chi connectivity index (χ3n) is 6.91. The fraction of sp³-hybridized carbons (Fsp3) is 0.455. The molecular formula is C33H42F2IrNO2-. The zero-order valence-electron chi connectivity index (χ0n) is 24.1. The van der Waals surface area contributed by atoms with Crippen LogP contribution in [0.15, 0.2) is 54.4 Å². The van der Waals surface area contributed by atoms with Gasteiger partial charge >= 0.3 is 0 Å². The fourth-order valence-corrected chi connectivity index (χ4v) is 4.58. The molecular weight excluding hydrogens is 673 g/mol. The minimum absolute atomic E-state index is 0. The summed E-state index contributed by atoms with van der Waals surface area (Å²) in [6.07, 6.45) is 1.96. The van der Waals surface area contributed by atoms with E-state index in [-0.39, 0.29) is 31.8 Å². The second-order valence-corrected chi connectivity index (χ2v) is 10.3. The molecule has 3 rings (SSSR count). The van der Waals surface area contributed by atoms with E-state index in [0.717, 1.165) is 35.7 Å². The number of carbonyl (C=O) groups is 1. The molecule has 6 heteroatoms. The summed E-state index contributed by atoms with van der Waals surface area (Å²) in [6, 6.07) is 16.5. The number of aryl methyl sites for hydroxylation is 2. The number of alkyl halides is 2. The Kier molecular flexibility index (Phi) is 14.7. The molecule has 215 valence electrons. The van der Waals surface area contributed by atoms with Crippen molar-refractivity contribution in [3.05, 3.63) is 77.2 Å². The molecule has 0 spiro atoms. The summed E-state index contributed by atoms with van der Waals surface area (Å²) < 4.78 is 24.5. The van der Waals surface area contributed by atoms with E-state index in [2.05, 4.69) is 75.1 Å². The van der Waals surface area contributed by atoms with E-state index in [1.165, 1.54) is 21.9 Å². The van der Waals surface area contributed by atoms with E-state index in [9.17, 15) is 18.7 Å². The van der Waals surface area contributed by atoms with Crippen molar-refractivity contribution in [1.82, 2.24) is 4.98 Å². The van der Waals surface area contributed by atoms with Gasteiger partial charge in [-0.3, -0.25) is 4.79 Å². The summed E-state index contributed by atoms with van der Waals surface area (Å²) in [5.41, 5.74) is 5.87. The largest absolute Gasteiger partial charge is 0.512 e. The molecule has 1 N–H and O–H groups in total. The Morgan fingerprint density at radius 3 is 2.18 bits per heavy atom. The van der Waals surface area contributed by atoms with Gasteiger partial charge in [-0.2, -0.15) is 0 Å². The van der Waals surface area contributed by atoms with Crippen LogP contribution in [0, 0.1) is 31.7 Å². The van der Waals surface area contributed by atoms with Gasteiger partial charge in [-0.25, -0.2) is 8.78 Å². The zero-order chi connectivity index (χ0) is 28.4. The van der Waals surface area contributed by atoms with Crippen LogP contribution in [0.25, 0.3) is 22.0 Å². The van der Waals surface area contributed by atoms with E-state index in [4.69, 9.17) is 0 Å². The molecule has 0 aliphatic heterocycles. The van der Waals surface area contributed by atoms with E-state index in [0.29, 0.717) is 12.3 Å². The van der Waals surface area contributed by atoms with Gasteiger partial charge in [-0.15, -0.1) is 34.9 Å². The van der Waals surface area contributed by atoms with Crippen molar-refractivity contribution in [1.29, 1.82) is 0 Å². The summed E-state index contributed by atoms with van der Waals surface area (Å²) in [7, 11) is 0. The van der Waals surface area contributed by atoms with Crippen LogP contribution >= 0.6 is 0 Å². The Labute approximate surface area is 246 Å². The van der Waals surface area contributed by atoms with E-state index >= 15 is 0 Å². The molecule has 1 atom stereocenters. The minimum Gasteiger partial charge on any atom is -0.512 e. The molecule has 0 bridgehead atoms. The van der Waals surface area contributed by atoms with Crippen LogP contribution in [0.2, 0.25) is 0 Å². The molecule has 1 radical (unpaired) electrons. The van der Waals surface area contributed by atoms with E-state index in [1.54, 1.807) is 6.92 Å². The molecule has 0 saturated carbocycles. The number of nitrogens with zero attached hydrogens (tertiary/aromatic N) is 1. The number of halogens is 2. The SMILES string of the molecule is CCC(CC(F)F)C(=O)/C=C(\O)C(CC)CC.Cc1[c-]c(-c2nccc3cc(C(C)C)ccc23)cc(C)c1.[Ir]. The number of ketones is 1. The molecule has 2 aromatic carbocycles. The fourth-order valence-electron chi connectivity index (χ4n) is 4.58. The van der Waals surface area contributed by atoms with Gasteiger partial charge in [0.2, 0.25) is 6.43 Å². The first-order valence-electron chi connectivity index (χ1n) is 13.6. The smallest absolute Gasteiger partial charge is 0.239 e. The van der Waals surface area contributed by atoms with Crippen molar-refractivity contribution < 1.29 is 38.8 Å². The first-order chi connectivity index (χ1) is 18.0. The maximum atomic E-state index is 12.2. The van der Waals surface area contributed by atoms with Crippen LogP contribution in [0.3, 0.4) is 0 Å². The standard InChI is InChI=1S/C20H20N.C13H22F2O2.Ir/c1-13(2)16-5-6-19-17(12-16)7-8-21-20(19)18-10-14(3)9-15(4)11-18;1-4-9(5-2)11(16)8-12(17)10(6-3)7-13(14)15;/h5-10,12-13H,1-4H3;8-10,13,16H,4-7H2,1-3H3;/q-1;;/b;11-8-;. The Morgan fingerprint density at radius 1 is 1.00 bits per heavy atom. The van der Waals surface area contributed by atoms with E-state index < -0.39 is 24.5 Å². The Morgan fingerprint density at radius 2 is 1.64 bits per heavy atom. The summed E-state index contributed by atoms with van der Waals surface area (Å²) >= 11 is 0. The Balaban J connectivity index is 0.000000391. The molecule has 0 amide bonds. The molecule has 39 heavy (non-hydrogen) atoms. The van der Waals surface area contributed by atoms with Crippen LogP contribution in [0.1, 0.15) is 82.9 Å². The number of carbonyl (C=O) groups excluding carboxylic acids is 1. The van der Waals surface area contributed by atoms with Crippen LogP contribution in [0.5, 0.6) is 0 Å². The minimum atomic E-state index is -2.48. The summed E-state index contributed by atoms with van der Waals surface area (Å²) in [4.78, 5) is 16.3. The van der Waals surface area contributed by atoms with Gasteiger partial charge in [0.1, 0.15) is 0 Å². The number of aromatic nitrogens is 1. The monoisotopic (exact) mass is 715 g/mol.